The molecule has 0 aromatic carbocycles. The fourth-order valence-corrected chi connectivity index (χ4v) is 2.75. The van der Waals surface area contributed by atoms with E-state index in [9.17, 15) is 13.6 Å². The number of hydrogen-bond donors (Lipinski definition) is 0. The number of carbonyl (C=O) groups excluding carboxylic acids is 1. The molecule has 1 saturated heterocycles. The lowest BCUT2D eigenvalue weighted by molar-refractivity contribution is 0.00149. The topological polar surface area (TPSA) is 60.2 Å². The third kappa shape index (κ3) is 3.15. The van der Waals surface area contributed by atoms with Crippen LogP contribution in [0.5, 0.6) is 0 Å². The Morgan fingerprint density at radius 1 is 1.38 bits per heavy atom. The molecule has 0 bridgehead atoms. The van der Waals surface area contributed by atoms with Crippen LogP contribution in [0.1, 0.15) is 38.8 Å². The van der Waals surface area contributed by atoms with E-state index in [4.69, 9.17) is 16.3 Å². The molecule has 0 N–H and O–H groups in total. The number of hydrogen-bond acceptors (Lipinski definition) is 4. The average Bonchev–Trinajstić information content (AvgIpc) is 2.74. The van der Waals surface area contributed by atoms with Crippen LogP contribution in [0.25, 0.3) is 11.0 Å². The summed E-state index contributed by atoms with van der Waals surface area (Å²) in [5, 5.41) is 7.54. The number of ether oxygens (including phenoxy) is 1. The van der Waals surface area contributed by atoms with Crippen LogP contribution >= 0.6 is 11.6 Å². The van der Waals surface area contributed by atoms with Gasteiger partial charge >= 0.3 is 6.09 Å². The number of alkyl halides is 2. The molecule has 0 unspecified atom stereocenters. The smallest absolute Gasteiger partial charge is 0.410 e. The summed E-state index contributed by atoms with van der Waals surface area (Å²) in [6, 6.07) is 1.37. The molecular formula is C15H17ClF2N4O2. The minimum atomic E-state index is -2.66. The number of fused-ring (bicyclic) bond motifs is 1. The monoisotopic (exact) mass is 358 g/mol. The van der Waals surface area contributed by atoms with Crippen LogP contribution < -0.4 is 0 Å². The highest BCUT2D eigenvalue weighted by Gasteiger charge is 2.36. The van der Waals surface area contributed by atoms with Crippen LogP contribution in [0.4, 0.5) is 13.6 Å². The molecule has 0 radical (unpaired) electrons. The minimum Gasteiger partial charge on any atom is -0.444 e. The van der Waals surface area contributed by atoms with Crippen LogP contribution in [0.3, 0.4) is 0 Å². The molecule has 1 aliphatic rings. The van der Waals surface area contributed by atoms with Crippen molar-refractivity contribution in [2.45, 2.75) is 38.8 Å². The zero-order chi connectivity index (χ0) is 17.6. The molecule has 2 aromatic rings. The number of nitrogens with zero attached hydrogens (tertiary/aromatic N) is 4. The van der Waals surface area contributed by atoms with Crippen LogP contribution in [-0.2, 0) is 4.74 Å². The second-order valence-electron chi connectivity index (χ2n) is 6.73. The summed E-state index contributed by atoms with van der Waals surface area (Å²) in [5.74, 6) is 0. The molecule has 1 amide bonds. The first-order valence-electron chi connectivity index (χ1n) is 7.45. The largest absolute Gasteiger partial charge is 0.444 e. The molecule has 0 atom stereocenters. The summed E-state index contributed by atoms with van der Waals surface area (Å²) in [4.78, 5) is 13.5. The quantitative estimate of drug-likeness (QED) is 0.819. The van der Waals surface area contributed by atoms with Crippen LogP contribution in [0, 0.1) is 0 Å². The number of rotatable bonds is 2. The number of likely N-dealkylation sites (tertiary alicyclic amines) is 1. The Labute approximate surface area is 142 Å². The van der Waals surface area contributed by atoms with Crippen molar-refractivity contribution >= 4 is 28.7 Å². The maximum absolute atomic E-state index is 13.2. The van der Waals surface area contributed by atoms with Crippen LogP contribution in [0.15, 0.2) is 12.3 Å². The second-order valence-corrected chi connectivity index (χ2v) is 7.12. The van der Waals surface area contributed by atoms with Gasteiger partial charge in [-0.3, -0.25) is 0 Å². The molecule has 0 spiro atoms. The molecule has 1 aliphatic heterocycles. The molecule has 130 valence electrons. The first-order chi connectivity index (χ1) is 11.2. The van der Waals surface area contributed by atoms with Gasteiger partial charge in [-0.25, -0.2) is 13.6 Å². The van der Waals surface area contributed by atoms with Crippen LogP contribution in [0.2, 0.25) is 5.15 Å². The molecule has 3 rings (SSSR count). The molecule has 1 fully saturated rings. The van der Waals surface area contributed by atoms with E-state index in [0.29, 0.717) is 18.6 Å². The molecule has 3 heterocycles. The van der Waals surface area contributed by atoms with Gasteiger partial charge < -0.3 is 14.2 Å². The number of aromatic nitrogens is 3. The predicted molar refractivity (Wildman–Crippen MR) is 84.3 cm³/mol. The van der Waals surface area contributed by atoms with Gasteiger partial charge in [0, 0.05) is 25.4 Å². The van der Waals surface area contributed by atoms with Gasteiger partial charge in [-0.2, -0.15) is 0 Å². The fraction of sp³-hybridized carbons (Fsp3) is 0.533. The van der Waals surface area contributed by atoms with Gasteiger partial charge in [0.1, 0.15) is 11.1 Å². The molecule has 0 aliphatic carbocycles. The Kier molecular flexibility index (Phi) is 4.11. The Bertz CT molecular complexity index is 782. The van der Waals surface area contributed by atoms with E-state index >= 15 is 0 Å². The highest BCUT2D eigenvalue weighted by Crippen LogP contribution is 2.34. The summed E-state index contributed by atoms with van der Waals surface area (Å²) in [6.07, 6.45) is -1.72. The SMILES string of the molecule is CC(C)(C)OC(=O)N1CC(n2cc(C(F)F)c3nnc(Cl)cc32)C1. The standard InChI is InChI=1S/C15H17ClF2N4O2/c1-15(2,3)24-14(23)21-5-8(6-21)22-7-9(13(17)18)12-10(22)4-11(16)19-20-12/h4,7-8,13H,5-6H2,1-3H3. The van der Waals surface area contributed by atoms with Gasteiger partial charge in [0.2, 0.25) is 0 Å². The van der Waals surface area contributed by atoms with Crippen molar-refractivity contribution in [3.8, 4) is 0 Å². The third-order valence-electron chi connectivity index (χ3n) is 3.72. The Morgan fingerprint density at radius 3 is 2.62 bits per heavy atom. The van der Waals surface area contributed by atoms with Crippen molar-refractivity contribution in [2.75, 3.05) is 13.1 Å². The van der Waals surface area contributed by atoms with Gasteiger partial charge in [-0.05, 0) is 20.8 Å². The van der Waals surface area contributed by atoms with E-state index in [2.05, 4.69) is 10.2 Å². The van der Waals surface area contributed by atoms with E-state index in [-0.39, 0.29) is 22.3 Å². The van der Waals surface area contributed by atoms with Crippen molar-refractivity contribution in [1.82, 2.24) is 19.7 Å². The zero-order valence-electron chi connectivity index (χ0n) is 13.5. The van der Waals surface area contributed by atoms with Crippen molar-refractivity contribution in [3.05, 3.63) is 23.0 Å². The first kappa shape index (κ1) is 16.9. The predicted octanol–water partition coefficient (Wildman–Crippen LogP) is 3.81. The lowest BCUT2D eigenvalue weighted by Gasteiger charge is -2.40. The van der Waals surface area contributed by atoms with E-state index in [1.165, 1.54) is 17.2 Å². The van der Waals surface area contributed by atoms with Gasteiger partial charge in [0.05, 0.1) is 17.1 Å². The lowest BCUT2D eigenvalue weighted by atomic mass is 10.1. The minimum absolute atomic E-state index is 0.130. The van der Waals surface area contributed by atoms with Gasteiger partial charge in [-0.1, -0.05) is 11.6 Å². The molecule has 2 aromatic heterocycles. The van der Waals surface area contributed by atoms with Crippen molar-refractivity contribution in [2.24, 2.45) is 0 Å². The highest BCUT2D eigenvalue weighted by atomic mass is 35.5. The highest BCUT2D eigenvalue weighted by molar-refractivity contribution is 6.29. The lowest BCUT2D eigenvalue weighted by Crippen LogP contribution is -2.52. The number of halogens is 3. The zero-order valence-corrected chi connectivity index (χ0v) is 14.2. The average molecular weight is 359 g/mol. The van der Waals surface area contributed by atoms with E-state index in [1.54, 1.807) is 25.3 Å². The third-order valence-corrected chi connectivity index (χ3v) is 3.90. The van der Waals surface area contributed by atoms with Gasteiger partial charge in [-0.15, -0.1) is 10.2 Å². The summed E-state index contributed by atoms with van der Waals surface area (Å²) in [5.41, 5.74) is -0.150. The van der Waals surface area contributed by atoms with Crippen molar-refractivity contribution < 1.29 is 18.3 Å². The van der Waals surface area contributed by atoms with Crippen molar-refractivity contribution in [3.63, 3.8) is 0 Å². The van der Waals surface area contributed by atoms with E-state index in [0.717, 1.165) is 0 Å². The number of carbonyl (C=O) groups is 1. The summed E-state index contributed by atoms with van der Waals surface area (Å²) in [7, 11) is 0. The molecule has 0 saturated carbocycles. The molecule has 9 heteroatoms. The normalized spacial score (nSPS) is 15.9. The maximum atomic E-state index is 13.2. The molecule has 24 heavy (non-hydrogen) atoms. The Balaban J connectivity index is 1.82. The Hall–Kier alpha value is -1.96. The molecule has 6 nitrogen and oxygen atoms in total. The second kappa shape index (κ2) is 5.84. The first-order valence-corrected chi connectivity index (χ1v) is 7.83. The fourth-order valence-electron chi connectivity index (χ4n) is 2.61. The summed E-state index contributed by atoms with van der Waals surface area (Å²) >= 11 is 5.84. The van der Waals surface area contributed by atoms with Gasteiger partial charge in [0.15, 0.2) is 5.15 Å². The van der Waals surface area contributed by atoms with Crippen LogP contribution in [-0.4, -0.2) is 44.4 Å². The Morgan fingerprint density at radius 2 is 2.04 bits per heavy atom. The van der Waals surface area contributed by atoms with E-state index in [1.807, 2.05) is 0 Å². The van der Waals surface area contributed by atoms with Crippen molar-refractivity contribution in [1.29, 1.82) is 0 Å². The summed E-state index contributed by atoms with van der Waals surface area (Å²) in [6.45, 7) is 6.12. The summed E-state index contributed by atoms with van der Waals surface area (Å²) < 4.78 is 33.3. The number of amides is 1. The molecular weight excluding hydrogens is 342 g/mol. The van der Waals surface area contributed by atoms with Gasteiger partial charge in [0.25, 0.3) is 6.43 Å². The van der Waals surface area contributed by atoms with E-state index < -0.39 is 18.1 Å². The maximum Gasteiger partial charge on any atom is 0.410 e.